The van der Waals surface area contributed by atoms with Gasteiger partial charge in [0.1, 0.15) is 0 Å². The molecule has 0 aliphatic heterocycles. The Balaban J connectivity index is 3.06. The van der Waals surface area contributed by atoms with Crippen LogP contribution in [0.15, 0.2) is 6.07 Å². The molecule has 100 valence electrons. The number of carboxylic acids is 1. The van der Waals surface area contributed by atoms with E-state index in [0.717, 1.165) is 0 Å². The first-order chi connectivity index (χ1) is 8.45. The van der Waals surface area contributed by atoms with Crippen LogP contribution in [-0.2, 0) is 4.79 Å². The fourth-order valence-electron chi connectivity index (χ4n) is 1.11. The lowest BCUT2D eigenvalue weighted by atomic mass is 10.0. The maximum absolute atomic E-state index is 11.1. The topological polar surface area (TPSA) is 90.8 Å². The molecule has 0 aromatic carbocycles. The summed E-state index contributed by atoms with van der Waals surface area (Å²) in [5.74, 6) is -0.614. The maximum Gasteiger partial charge on any atom is 0.347 e. The highest BCUT2D eigenvalue weighted by Crippen LogP contribution is 2.23. The van der Waals surface area contributed by atoms with E-state index in [1.54, 1.807) is 6.92 Å². The van der Waals surface area contributed by atoms with Crippen LogP contribution < -0.4 is 14.2 Å². The van der Waals surface area contributed by atoms with E-state index in [1.807, 2.05) is 0 Å². The second-order valence-electron chi connectivity index (χ2n) is 3.73. The lowest BCUT2D eigenvalue weighted by Crippen LogP contribution is -2.41. The molecule has 0 fully saturated rings. The Morgan fingerprint density at radius 3 is 2.17 bits per heavy atom. The van der Waals surface area contributed by atoms with Crippen molar-refractivity contribution in [3.05, 3.63) is 6.07 Å². The van der Waals surface area contributed by atoms with E-state index in [-0.39, 0.29) is 24.2 Å². The van der Waals surface area contributed by atoms with Crippen molar-refractivity contribution in [1.29, 1.82) is 0 Å². The van der Waals surface area contributed by atoms with Crippen molar-refractivity contribution in [2.75, 3.05) is 14.2 Å². The summed E-state index contributed by atoms with van der Waals surface area (Å²) < 4.78 is 15.2. The van der Waals surface area contributed by atoms with Crippen LogP contribution in [0.1, 0.15) is 20.3 Å². The molecule has 0 amide bonds. The quantitative estimate of drug-likeness (QED) is 0.815. The van der Waals surface area contributed by atoms with Gasteiger partial charge in [0.15, 0.2) is 0 Å². The van der Waals surface area contributed by atoms with Crippen LogP contribution >= 0.6 is 0 Å². The number of aromatic nitrogens is 2. The summed E-state index contributed by atoms with van der Waals surface area (Å²) in [6, 6.07) is 1.37. The van der Waals surface area contributed by atoms with Crippen molar-refractivity contribution in [3.8, 4) is 17.8 Å². The van der Waals surface area contributed by atoms with Gasteiger partial charge < -0.3 is 19.3 Å². The summed E-state index contributed by atoms with van der Waals surface area (Å²) >= 11 is 0. The molecule has 1 atom stereocenters. The smallest absolute Gasteiger partial charge is 0.347 e. The van der Waals surface area contributed by atoms with Gasteiger partial charge in [0.25, 0.3) is 0 Å². The van der Waals surface area contributed by atoms with Gasteiger partial charge in [-0.2, -0.15) is 9.97 Å². The van der Waals surface area contributed by atoms with Crippen LogP contribution in [-0.4, -0.2) is 40.9 Å². The summed E-state index contributed by atoms with van der Waals surface area (Å²) in [5.41, 5.74) is -1.39. The molecule has 0 aliphatic carbocycles. The highest BCUT2D eigenvalue weighted by atomic mass is 16.5. The summed E-state index contributed by atoms with van der Waals surface area (Å²) in [4.78, 5) is 19.0. The molecule has 1 heterocycles. The van der Waals surface area contributed by atoms with Gasteiger partial charge in [-0.3, -0.25) is 0 Å². The molecule has 7 nitrogen and oxygen atoms in total. The average Bonchev–Trinajstić information content (AvgIpc) is 2.37. The van der Waals surface area contributed by atoms with E-state index < -0.39 is 11.6 Å². The van der Waals surface area contributed by atoms with Crippen molar-refractivity contribution in [2.24, 2.45) is 0 Å². The monoisotopic (exact) mass is 256 g/mol. The van der Waals surface area contributed by atoms with Gasteiger partial charge in [0, 0.05) is 0 Å². The molecular formula is C11H16N2O5. The first-order valence-corrected chi connectivity index (χ1v) is 5.34. The molecule has 1 unspecified atom stereocenters. The molecule has 0 radical (unpaired) electrons. The highest BCUT2D eigenvalue weighted by Gasteiger charge is 2.34. The fourth-order valence-corrected chi connectivity index (χ4v) is 1.11. The summed E-state index contributed by atoms with van der Waals surface area (Å²) in [7, 11) is 2.86. The molecular weight excluding hydrogens is 240 g/mol. The lowest BCUT2D eigenvalue weighted by Gasteiger charge is -2.23. The number of aliphatic carboxylic acids is 1. The third-order valence-corrected chi connectivity index (χ3v) is 2.52. The Morgan fingerprint density at radius 1 is 1.33 bits per heavy atom. The average molecular weight is 256 g/mol. The minimum Gasteiger partial charge on any atom is -0.481 e. The van der Waals surface area contributed by atoms with Gasteiger partial charge in [-0.15, -0.1) is 0 Å². The van der Waals surface area contributed by atoms with Crippen molar-refractivity contribution in [2.45, 2.75) is 25.9 Å². The third kappa shape index (κ3) is 2.99. The minimum absolute atomic E-state index is 0.0991. The SMILES string of the molecule is CCC(C)(Oc1nc(OC)cc(OC)n1)C(=O)O. The first kappa shape index (κ1) is 14.0. The largest absolute Gasteiger partial charge is 0.481 e. The number of rotatable bonds is 6. The van der Waals surface area contributed by atoms with E-state index in [1.165, 1.54) is 27.2 Å². The molecule has 1 rings (SSSR count). The Labute approximate surface area is 105 Å². The number of carbonyl (C=O) groups is 1. The predicted molar refractivity (Wildman–Crippen MR) is 62.1 cm³/mol. The molecule has 0 spiro atoms. The molecule has 0 saturated heterocycles. The van der Waals surface area contributed by atoms with Crippen LogP contribution in [0.2, 0.25) is 0 Å². The van der Waals surface area contributed by atoms with E-state index in [0.29, 0.717) is 0 Å². The number of ether oxygens (including phenoxy) is 3. The number of hydrogen-bond acceptors (Lipinski definition) is 6. The Morgan fingerprint density at radius 2 is 1.83 bits per heavy atom. The third-order valence-electron chi connectivity index (χ3n) is 2.52. The molecule has 0 aliphatic rings. The maximum atomic E-state index is 11.1. The molecule has 1 N–H and O–H groups in total. The van der Waals surface area contributed by atoms with Gasteiger partial charge in [-0.05, 0) is 13.3 Å². The second kappa shape index (κ2) is 5.52. The minimum atomic E-state index is -1.39. The zero-order chi connectivity index (χ0) is 13.8. The summed E-state index contributed by atoms with van der Waals surface area (Å²) in [6.07, 6.45) is 0.269. The lowest BCUT2D eigenvalue weighted by molar-refractivity contribution is -0.154. The van der Waals surface area contributed by atoms with Gasteiger partial charge in [-0.25, -0.2) is 4.79 Å². The number of carboxylic acid groups (broad SMARTS) is 1. The van der Waals surface area contributed by atoms with E-state index in [4.69, 9.17) is 19.3 Å². The number of nitrogens with zero attached hydrogens (tertiary/aromatic N) is 2. The van der Waals surface area contributed by atoms with Crippen LogP contribution in [0.5, 0.6) is 17.8 Å². The molecule has 1 aromatic rings. The van der Waals surface area contributed by atoms with Crippen LogP contribution in [0.3, 0.4) is 0 Å². The molecule has 18 heavy (non-hydrogen) atoms. The molecule has 7 heteroatoms. The highest BCUT2D eigenvalue weighted by molar-refractivity contribution is 5.77. The van der Waals surface area contributed by atoms with Crippen molar-refractivity contribution >= 4 is 5.97 Å². The van der Waals surface area contributed by atoms with E-state index in [2.05, 4.69) is 9.97 Å². The molecule has 0 bridgehead atoms. The zero-order valence-electron chi connectivity index (χ0n) is 10.8. The van der Waals surface area contributed by atoms with Crippen LogP contribution in [0.4, 0.5) is 0 Å². The number of methoxy groups -OCH3 is 2. The standard InChI is InChI=1S/C11H16N2O5/c1-5-11(2,9(14)15)18-10-12-7(16-3)6-8(13-10)17-4/h6H,5H2,1-4H3,(H,14,15). The van der Waals surface area contributed by atoms with Crippen molar-refractivity contribution in [3.63, 3.8) is 0 Å². The van der Waals surface area contributed by atoms with Crippen molar-refractivity contribution in [1.82, 2.24) is 9.97 Å². The van der Waals surface area contributed by atoms with Crippen LogP contribution in [0.25, 0.3) is 0 Å². The van der Waals surface area contributed by atoms with Crippen LogP contribution in [0, 0.1) is 0 Å². The Hall–Kier alpha value is -2.05. The first-order valence-electron chi connectivity index (χ1n) is 5.34. The normalized spacial score (nSPS) is 13.6. The van der Waals surface area contributed by atoms with Crippen molar-refractivity contribution < 1.29 is 24.1 Å². The predicted octanol–water partition coefficient (Wildman–Crippen LogP) is 1.13. The van der Waals surface area contributed by atoms with E-state index in [9.17, 15) is 4.79 Å². The van der Waals surface area contributed by atoms with E-state index >= 15 is 0 Å². The molecule has 1 aromatic heterocycles. The summed E-state index contributed by atoms with van der Waals surface area (Å²) in [6.45, 7) is 3.15. The Kier molecular flexibility index (Phi) is 4.30. The van der Waals surface area contributed by atoms with Gasteiger partial charge in [0.2, 0.25) is 17.4 Å². The second-order valence-corrected chi connectivity index (χ2v) is 3.73. The van der Waals surface area contributed by atoms with Gasteiger partial charge in [-0.1, -0.05) is 6.92 Å². The zero-order valence-corrected chi connectivity index (χ0v) is 10.8. The fraction of sp³-hybridized carbons (Fsp3) is 0.545. The van der Waals surface area contributed by atoms with Gasteiger partial charge >= 0.3 is 12.0 Å². The Bertz CT molecular complexity index is 415. The summed E-state index contributed by atoms with van der Waals surface area (Å²) in [5, 5.41) is 9.10. The molecule has 0 saturated carbocycles. The number of hydrogen-bond donors (Lipinski definition) is 1. The van der Waals surface area contributed by atoms with Gasteiger partial charge in [0.05, 0.1) is 20.3 Å².